The van der Waals surface area contributed by atoms with Crippen LogP contribution in [0.25, 0.3) is 21.7 Å². The van der Waals surface area contributed by atoms with Crippen molar-refractivity contribution in [2.24, 2.45) is 0 Å². The normalized spacial score (nSPS) is 11.1. The number of aromatic hydroxyl groups is 1. The molecule has 2 N–H and O–H groups in total. The lowest BCUT2D eigenvalue weighted by Crippen LogP contribution is -2.06. The van der Waals surface area contributed by atoms with Gasteiger partial charge >= 0.3 is 0 Å². The van der Waals surface area contributed by atoms with E-state index in [0.29, 0.717) is 15.8 Å². The molecule has 0 radical (unpaired) electrons. The fourth-order valence-corrected chi connectivity index (χ4v) is 2.36. The van der Waals surface area contributed by atoms with Crippen LogP contribution in [0.4, 0.5) is 0 Å². The van der Waals surface area contributed by atoms with Gasteiger partial charge in [0.05, 0.1) is 10.4 Å². The Morgan fingerprint density at radius 2 is 1.88 bits per heavy atom. The van der Waals surface area contributed by atoms with Crippen molar-refractivity contribution in [3.63, 3.8) is 0 Å². The minimum atomic E-state index is -0.253. The fraction of sp³-hybridized carbons (Fsp3) is 0. The molecular formula is C13H8ClNO2. The molecule has 0 aliphatic heterocycles. The van der Waals surface area contributed by atoms with Gasteiger partial charge in [0.25, 0.3) is 5.56 Å². The van der Waals surface area contributed by atoms with E-state index in [1.165, 1.54) is 12.1 Å². The molecule has 17 heavy (non-hydrogen) atoms. The number of pyridine rings is 1. The molecule has 3 nitrogen and oxygen atoms in total. The number of aromatic nitrogens is 1. The standard InChI is InChI=1S/C13H8ClNO2/c14-10-6-7(16)5-9-12(10)8-3-1-2-4-11(8)15-13(9)17/h1-6,16H,(H,15,17). The second kappa shape index (κ2) is 3.50. The molecule has 0 atom stereocenters. The van der Waals surface area contributed by atoms with Gasteiger partial charge in [-0.3, -0.25) is 4.79 Å². The van der Waals surface area contributed by atoms with E-state index >= 15 is 0 Å². The predicted molar refractivity (Wildman–Crippen MR) is 68.7 cm³/mol. The third-order valence-electron chi connectivity index (χ3n) is 2.76. The van der Waals surface area contributed by atoms with Crippen LogP contribution < -0.4 is 5.56 Å². The third-order valence-corrected chi connectivity index (χ3v) is 3.06. The van der Waals surface area contributed by atoms with Gasteiger partial charge in [-0.05, 0) is 18.2 Å². The summed E-state index contributed by atoms with van der Waals surface area (Å²) in [4.78, 5) is 14.6. The van der Waals surface area contributed by atoms with E-state index < -0.39 is 0 Å². The number of hydrogen-bond donors (Lipinski definition) is 2. The molecule has 2 aromatic carbocycles. The third kappa shape index (κ3) is 1.47. The number of aromatic amines is 1. The topological polar surface area (TPSA) is 53.1 Å². The van der Waals surface area contributed by atoms with Crippen molar-refractivity contribution < 1.29 is 5.11 Å². The highest BCUT2D eigenvalue weighted by molar-refractivity contribution is 6.37. The summed E-state index contributed by atoms with van der Waals surface area (Å²) < 4.78 is 0. The zero-order valence-corrected chi connectivity index (χ0v) is 9.45. The van der Waals surface area contributed by atoms with E-state index in [1.54, 1.807) is 0 Å². The summed E-state index contributed by atoms with van der Waals surface area (Å²) in [7, 11) is 0. The average Bonchev–Trinajstić information content (AvgIpc) is 2.29. The number of hydrogen-bond acceptors (Lipinski definition) is 2. The maximum atomic E-state index is 11.9. The van der Waals surface area contributed by atoms with Crippen molar-refractivity contribution in [1.29, 1.82) is 0 Å². The Kier molecular flexibility index (Phi) is 2.09. The molecule has 0 saturated carbocycles. The van der Waals surface area contributed by atoms with Crippen molar-refractivity contribution >= 4 is 33.3 Å². The summed E-state index contributed by atoms with van der Waals surface area (Å²) in [5.74, 6) is -0.0109. The van der Waals surface area contributed by atoms with E-state index in [4.69, 9.17) is 11.6 Å². The molecule has 0 spiro atoms. The SMILES string of the molecule is O=c1[nH]c2ccccc2c2c(Cl)cc(O)cc12. The number of nitrogens with one attached hydrogen (secondary N) is 1. The molecule has 0 aliphatic rings. The van der Waals surface area contributed by atoms with Gasteiger partial charge in [0.15, 0.2) is 0 Å². The van der Waals surface area contributed by atoms with Crippen LogP contribution in [0.15, 0.2) is 41.2 Å². The Labute approximate surface area is 101 Å². The van der Waals surface area contributed by atoms with E-state index in [9.17, 15) is 9.90 Å². The summed E-state index contributed by atoms with van der Waals surface area (Å²) in [6.07, 6.45) is 0. The number of phenols is 1. The quantitative estimate of drug-likeness (QED) is 0.598. The molecule has 0 bridgehead atoms. The summed E-state index contributed by atoms with van der Waals surface area (Å²) in [5, 5.41) is 11.8. The van der Waals surface area contributed by atoms with Crippen LogP contribution in [0.2, 0.25) is 5.02 Å². The Balaban J connectivity index is 2.70. The zero-order valence-electron chi connectivity index (χ0n) is 8.70. The lowest BCUT2D eigenvalue weighted by molar-refractivity contribution is 0.476. The highest BCUT2D eigenvalue weighted by Crippen LogP contribution is 2.31. The van der Waals surface area contributed by atoms with Crippen LogP contribution in [0.5, 0.6) is 5.75 Å². The van der Waals surface area contributed by atoms with Crippen LogP contribution in [0, 0.1) is 0 Å². The van der Waals surface area contributed by atoms with Gasteiger partial charge in [-0.25, -0.2) is 0 Å². The molecule has 0 aliphatic carbocycles. The molecule has 0 saturated heterocycles. The van der Waals surface area contributed by atoms with Crippen molar-refractivity contribution in [1.82, 2.24) is 4.98 Å². The molecule has 84 valence electrons. The lowest BCUT2D eigenvalue weighted by atomic mass is 10.1. The van der Waals surface area contributed by atoms with Crippen molar-refractivity contribution in [3.05, 3.63) is 51.8 Å². The van der Waals surface area contributed by atoms with Gasteiger partial charge in [-0.2, -0.15) is 0 Å². The predicted octanol–water partition coefficient (Wildman–Crippen LogP) is 3.04. The number of rotatable bonds is 0. The minimum absolute atomic E-state index is 0.0109. The van der Waals surface area contributed by atoms with E-state index in [1.807, 2.05) is 24.3 Å². The molecule has 3 aromatic rings. The van der Waals surface area contributed by atoms with Gasteiger partial charge in [0.1, 0.15) is 5.75 Å². The second-order valence-electron chi connectivity index (χ2n) is 3.85. The Hall–Kier alpha value is -2.00. The number of benzene rings is 2. The van der Waals surface area contributed by atoms with Gasteiger partial charge in [-0.1, -0.05) is 29.8 Å². The highest BCUT2D eigenvalue weighted by atomic mass is 35.5. The maximum Gasteiger partial charge on any atom is 0.256 e. The number of phenolic OH excluding ortho intramolecular Hbond substituents is 1. The average molecular weight is 246 g/mol. The summed E-state index contributed by atoms with van der Waals surface area (Å²) in [6.45, 7) is 0. The van der Waals surface area contributed by atoms with Crippen molar-refractivity contribution in [2.45, 2.75) is 0 Å². The van der Waals surface area contributed by atoms with Crippen LogP contribution in [0.1, 0.15) is 0 Å². The smallest absolute Gasteiger partial charge is 0.256 e. The number of fused-ring (bicyclic) bond motifs is 3. The summed E-state index contributed by atoms with van der Waals surface area (Å²) in [5.41, 5.74) is 0.481. The van der Waals surface area contributed by atoms with E-state index in [-0.39, 0.29) is 11.3 Å². The molecule has 1 heterocycles. The van der Waals surface area contributed by atoms with Crippen LogP contribution >= 0.6 is 11.6 Å². The number of H-pyrrole nitrogens is 1. The minimum Gasteiger partial charge on any atom is -0.508 e. The first-order chi connectivity index (χ1) is 8.16. The second-order valence-corrected chi connectivity index (χ2v) is 4.26. The Morgan fingerprint density at radius 3 is 2.71 bits per heavy atom. The lowest BCUT2D eigenvalue weighted by Gasteiger charge is -2.05. The molecular weight excluding hydrogens is 238 g/mol. The van der Waals surface area contributed by atoms with E-state index in [0.717, 1.165) is 10.9 Å². The van der Waals surface area contributed by atoms with Crippen molar-refractivity contribution in [2.75, 3.05) is 0 Å². The van der Waals surface area contributed by atoms with E-state index in [2.05, 4.69) is 4.98 Å². The van der Waals surface area contributed by atoms with Gasteiger partial charge in [0, 0.05) is 16.3 Å². The van der Waals surface area contributed by atoms with Gasteiger partial charge in [0.2, 0.25) is 0 Å². The van der Waals surface area contributed by atoms with Gasteiger partial charge < -0.3 is 10.1 Å². The van der Waals surface area contributed by atoms with Crippen LogP contribution in [-0.2, 0) is 0 Å². The monoisotopic (exact) mass is 245 g/mol. The van der Waals surface area contributed by atoms with Crippen LogP contribution in [-0.4, -0.2) is 10.1 Å². The summed E-state index contributed by atoms with van der Waals surface area (Å²) in [6, 6.07) is 10.3. The molecule has 4 heteroatoms. The maximum absolute atomic E-state index is 11.9. The largest absolute Gasteiger partial charge is 0.508 e. The fourth-order valence-electron chi connectivity index (χ4n) is 2.04. The van der Waals surface area contributed by atoms with Crippen molar-refractivity contribution in [3.8, 4) is 5.75 Å². The Bertz CT molecular complexity index is 792. The summed E-state index contributed by atoms with van der Waals surface area (Å²) >= 11 is 6.10. The highest BCUT2D eigenvalue weighted by Gasteiger charge is 2.09. The first-order valence-electron chi connectivity index (χ1n) is 5.10. The zero-order chi connectivity index (χ0) is 12.0. The molecule has 3 rings (SSSR count). The molecule has 0 fully saturated rings. The first kappa shape index (κ1) is 10.2. The first-order valence-corrected chi connectivity index (χ1v) is 5.48. The van der Waals surface area contributed by atoms with Gasteiger partial charge in [-0.15, -0.1) is 0 Å². The Morgan fingerprint density at radius 1 is 1.12 bits per heavy atom. The molecule has 0 unspecified atom stereocenters. The van der Waals surface area contributed by atoms with Crippen LogP contribution in [0.3, 0.4) is 0 Å². The molecule has 1 aromatic heterocycles. The molecule has 0 amide bonds. The number of halogens is 1. The number of para-hydroxylation sites is 1.